The van der Waals surface area contributed by atoms with Crippen molar-refractivity contribution in [3.05, 3.63) is 82.9 Å². The van der Waals surface area contributed by atoms with E-state index in [-0.39, 0.29) is 23.1 Å². The van der Waals surface area contributed by atoms with E-state index in [0.717, 1.165) is 0 Å². The summed E-state index contributed by atoms with van der Waals surface area (Å²) in [5, 5.41) is 2.26. The van der Waals surface area contributed by atoms with Gasteiger partial charge in [-0.05, 0) is 55.5 Å². The van der Waals surface area contributed by atoms with Crippen LogP contribution in [0.25, 0.3) is 0 Å². The van der Waals surface area contributed by atoms with Gasteiger partial charge < -0.3 is 15.0 Å². The Labute approximate surface area is 194 Å². The van der Waals surface area contributed by atoms with Crippen molar-refractivity contribution in [3.63, 3.8) is 0 Å². The standard InChI is InChI=1S/C24H16F6N2O3/c1-2-32-18-5-3-4-6-20(18)35-19-8-7-16(12-17(19)22(32)34)31-21(33)13-9-14(23(25,26)27)11-15(10-13)24(28,29)30/h3-12H,2H2,1H3,(H,31,33). The van der Waals surface area contributed by atoms with E-state index in [9.17, 15) is 35.9 Å². The van der Waals surface area contributed by atoms with Crippen molar-refractivity contribution in [2.45, 2.75) is 19.3 Å². The number of ether oxygens (including phenoxy) is 1. The summed E-state index contributed by atoms with van der Waals surface area (Å²) in [6.07, 6.45) is -10.2. The largest absolute Gasteiger partial charge is 0.454 e. The van der Waals surface area contributed by atoms with Crippen molar-refractivity contribution in [1.82, 2.24) is 0 Å². The predicted octanol–water partition coefficient (Wildman–Crippen LogP) is 6.75. The number of carbonyl (C=O) groups excluding carboxylic acids is 2. The van der Waals surface area contributed by atoms with Gasteiger partial charge in [-0.2, -0.15) is 26.3 Å². The molecule has 1 heterocycles. The lowest BCUT2D eigenvalue weighted by Crippen LogP contribution is -2.29. The Hall–Kier alpha value is -4.02. The summed E-state index contributed by atoms with van der Waals surface area (Å²) < 4.78 is 84.6. The molecule has 1 aliphatic heterocycles. The molecule has 35 heavy (non-hydrogen) atoms. The minimum absolute atomic E-state index is 0.0151. The summed E-state index contributed by atoms with van der Waals surface area (Å²) in [6, 6.07) is 11.4. The van der Waals surface area contributed by atoms with E-state index in [1.165, 1.54) is 23.1 Å². The minimum Gasteiger partial charge on any atom is -0.454 e. The number of amides is 2. The summed E-state index contributed by atoms with van der Waals surface area (Å²) in [4.78, 5) is 27.2. The average molecular weight is 494 g/mol. The molecule has 0 fully saturated rings. The van der Waals surface area contributed by atoms with E-state index in [2.05, 4.69) is 5.32 Å². The average Bonchev–Trinajstić information content (AvgIpc) is 2.91. The maximum absolute atomic E-state index is 13.1. The van der Waals surface area contributed by atoms with E-state index in [1.54, 1.807) is 31.2 Å². The predicted molar refractivity (Wildman–Crippen MR) is 115 cm³/mol. The first-order chi connectivity index (χ1) is 16.4. The molecule has 0 atom stereocenters. The molecule has 0 saturated heterocycles. The van der Waals surface area contributed by atoms with Gasteiger partial charge >= 0.3 is 12.4 Å². The van der Waals surface area contributed by atoms with E-state index < -0.39 is 40.9 Å². The van der Waals surface area contributed by atoms with Gasteiger partial charge in [0.25, 0.3) is 11.8 Å². The highest BCUT2D eigenvalue weighted by molar-refractivity contribution is 6.11. The Bertz CT molecular complexity index is 1290. The number of nitrogens with one attached hydrogen (secondary N) is 1. The first-order valence-electron chi connectivity index (χ1n) is 10.2. The maximum Gasteiger partial charge on any atom is 0.416 e. The van der Waals surface area contributed by atoms with Crippen LogP contribution in [0.15, 0.2) is 60.7 Å². The van der Waals surface area contributed by atoms with Gasteiger partial charge in [0, 0.05) is 17.8 Å². The Balaban J connectivity index is 1.69. The third kappa shape index (κ3) is 4.79. The van der Waals surface area contributed by atoms with Crippen LogP contribution >= 0.6 is 0 Å². The Kier molecular flexibility index (Phi) is 5.95. The number of alkyl halides is 6. The smallest absolute Gasteiger partial charge is 0.416 e. The molecule has 0 saturated carbocycles. The number of fused-ring (bicyclic) bond motifs is 2. The Morgan fingerprint density at radius 1 is 0.886 bits per heavy atom. The van der Waals surface area contributed by atoms with Gasteiger partial charge in [0.05, 0.1) is 22.4 Å². The Morgan fingerprint density at radius 2 is 1.51 bits per heavy atom. The van der Waals surface area contributed by atoms with Crippen molar-refractivity contribution >= 4 is 23.2 Å². The lowest BCUT2D eigenvalue weighted by molar-refractivity contribution is -0.143. The number of nitrogens with zero attached hydrogens (tertiary/aromatic N) is 1. The molecule has 1 aliphatic rings. The van der Waals surface area contributed by atoms with E-state index >= 15 is 0 Å². The first kappa shape index (κ1) is 24.1. The molecular weight excluding hydrogens is 478 g/mol. The number of halogens is 6. The molecule has 182 valence electrons. The molecule has 3 aromatic rings. The summed E-state index contributed by atoms with van der Waals surface area (Å²) in [5.74, 6) is -1.07. The molecule has 0 unspecified atom stereocenters. The van der Waals surface area contributed by atoms with Gasteiger partial charge in [0.1, 0.15) is 5.75 Å². The van der Waals surface area contributed by atoms with Crippen molar-refractivity contribution in [3.8, 4) is 11.5 Å². The van der Waals surface area contributed by atoms with Gasteiger partial charge in [0.2, 0.25) is 0 Å². The van der Waals surface area contributed by atoms with Gasteiger partial charge in [-0.3, -0.25) is 9.59 Å². The monoisotopic (exact) mass is 494 g/mol. The number of hydrogen-bond acceptors (Lipinski definition) is 3. The molecule has 0 radical (unpaired) electrons. The quantitative estimate of drug-likeness (QED) is 0.410. The Morgan fingerprint density at radius 3 is 2.11 bits per heavy atom. The maximum atomic E-state index is 13.1. The van der Waals surface area contributed by atoms with Crippen LogP contribution in [-0.2, 0) is 12.4 Å². The summed E-state index contributed by atoms with van der Waals surface area (Å²) >= 11 is 0. The zero-order valence-corrected chi connectivity index (χ0v) is 17.9. The third-order valence-electron chi connectivity index (χ3n) is 5.26. The molecular formula is C24H16F6N2O3. The van der Waals surface area contributed by atoms with Crippen molar-refractivity contribution in [1.29, 1.82) is 0 Å². The number of anilines is 2. The summed E-state index contributed by atoms with van der Waals surface area (Å²) in [6.45, 7) is 2.04. The lowest BCUT2D eigenvalue weighted by atomic mass is 10.0. The van der Waals surface area contributed by atoms with Gasteiger partial charge in [-0.15, -0.1) is 0 Å². The number of hydrogen-bond donors (Lipinski definition) is 1. The SMILES string of the molecule is CCN1C(=O)c2cc(NC(=O)c3cc(C(F)(F)F)cc(C(F)(F)F)c3)ccc2Oc2ccccc21. The number of carbonyl (C=O) groups is 2. The van der Waals surface area contributed by atoms with Crippen LogP contribution in [0.3, 0.4) is 0 Å². The molecule has 4 rings (SSSR count). The molecule has 1 N–H and O–H groups in total. The van der Waals surface area contributed by atoms with Crippen molar-refractivity contribution in [2.75, 3.05) is 16.8 Å². The lowest BCUT2D eigenvalue weighted by Gasteiger charge is -2.20. The highest BCUT2D eigenvalue weighted by Crippen LogP contribution is 2.40. The molecule has 0 bridgehead atoms. The fourth-order valence-corrected chi connectivity index (χ4v) is 3.61. The van der Waals surface area contributed by atoms with Gasteiger partial charge in [-0.1, -0.05) is 12.1 Å². The van der Waals surface area contributed by atoms with Crippen LogP contribution in [-0.4, -0.2) is 18.4 Å². The van der Waals surface area contributed by atoms with E-state index in [4.69, 9.17) is 4.74 Å². The highest BCUT2D eigenvalue weighted by atomic mass is 19.4. The van der Waals surface area contributed by atoms with Crippen LogP contribution in [0.2, 0.25) is 0 Å². The van der Waals surface area contributed by atoms with Crippen LogP contribution in [0.4, 0.5) is 37.7 Å². The second kappa shape index (κ2) is 8.64. The van der Waals surface area contributed by atoms with Crippen LogP contribution < -0.4 is 15.0 Å². The molecule has 0 aliphatic carbocycles. The summed E-state index contributed by atoms with van der Waals surface area (Å²) in [7, 11) is 0. The second-order valence-electron chi connectivity index (χ2n) is 7.58. The molecule has 5 nitrogen and oxygen atoms in total. The highest BCUT2D eigenvalue weighted by Gasteiger charge is 2.37. The number of benzene rings is 3. The van der Waals surface area contributed by atoms with Gasteiger partial charge in [0.15, 0.2) is 5.75 Å². The summed E-state index contributed by atoms with van der Waals surface area (Å²) in [5.41, 5.74) is -3.50. The fraction of sp³-hybridized carbons (Fsp3) is 0.167. The minimum atomic E-state index is -5.09. The first-order valence-corrected chi connectivity index (χ1v) is 10.2. The normalized spacial score (nSPS) is 13.5. The molecule has 0 aromatic heterocycles. The molecule has 3 aromatic carbocycles. The zero-order chi connectivity index (χ0) is 25.5. The zero-order valence-electron chi connectivity index (χ0n) is 17.9. The molecule has 0 spiro atoms. The van der Waals surface area contributed by atoms with Crippen LogP contribution in [0, 0.1) is 0 Å². The fourth-order valence-electron chi connectivity index (χ4n) is 3.61. The molecule has 11 heteroatoms. The third-order valence-corrected chi connectivity index (χ3v) is 5.26. The van der Waals surface area contributed by atoms with E-state index in [0.29, 0.717) is 30.1 Å². The van der Waals surface area contributed by atoms with E-state index in [1.807, 2.05) is 0 Å². The number of para-hydroxylation sites is 2. The second-order valence-corrected chi connectivity index (χ2v) is 7.58. The molecule has 2 amide bonds. The van der Waals surface area contributed by atoms with Gasteiger partial charge in [-0.25, -0.2) is 0 Å². The van der Waals surface area contributed by atoms with Crippen molar-refractivity contribution < 1.29 is 40.7 Å². The van der Waals surface area contributed by atoms with Crippen LogP contribution in [0.1, 0.15) is 38.8 Å². The van der Waals surface area contributed by atoms with Crippen molar-refractivity contribution in [2.24, 2.45) is 0 Å². The topological polar surface area (TPSA) is 58.6 Å². The number of rotatable bonds is 3. The van der Waals surface area contributed by atoms with Crippen LogP contribution in [0.5, 0.6) is 11.5 Å².